The standard InChI is InChI=1S/C12H23N2.Al.ClH.O/c1-3-4-5-6-7-8-9-14-11-10-13(2)12-14;;;/h10-12H,3-9H2,1-2H3;;1H;/q+1;;;. The predicted octanol–water partition coefficient (Wildman–Crippen LogP) is 2.60. The van der Waals surface area contributed by atoms with Gasteiger partial charge in [-0.2, -0.15) is 0 Å². The number of hydrogen-bond acceptors (Lipinski definition) is 1. The van der Waals surface area contributed by atoms with E-state index in [4.69, 9.17) is 3.80 Å². The summed E-state index contributed by atoms with van der Waals surface area (Å²) in [5, 5.41) is 0. The van der Waals surface area contributed by atoms with E-state index in [0.717, 1.165) is 0 Å². The van der Waals surface area contributed by atoms with Crippen molar-refractivity contribution in [1.82, 2.24) is 4.57 Å². The molecule has 0 unspecified atom stereocenters. The van der Waals surface area contributed by atoms with Gasteiger partial charge in [-0.15, -0.1) is 12.4 Å². The zero-order chi connectivity index (χ0) is 12.2. The first kappa shape index (κ1) is 19.2. The van der Waals surface area contributed by atoms with Crippen LogP contribution in [-0.2, 0) is 17.4 Å². The molecule has 0 spiro atoms. The van der Waals surface area contributed by atoms with E-state index in [-0.39, 0.29) is 12.4 Å². The van der Waals surface area contributed by atoms with Gasteiger partial charge in [-0.3, -0.25) is 0 Å². The van der Waals surface area contributed by atoms with Gasteiger partial charge in [0.15, 0.2) is 0 Å². The molecule has 1 heterocycles. The number of halogens is 1. The van der Waals surface area contributed by atoms with Crippen LogP contribution in [0.3, 0.4) is 0 Å². The summed E-state index contributed by atoms with van der Waals surface area (Å²) in [4.78, 5) is 0. The average Bonchev–Trinajstić information content (AvgIpc) is 2.72. The molecule has 0 amide bonds. The summed E-state index contributed by atoms with van der Waals surface area (Å²) in [7, 11) is 2.07. The van der Waals surface area contributed by atoms with E-state index in [9.17, 15) is 0 Å². The van der Waals surface area contributed by atoms with Crippen molar-refractivity contribution in [3.8, 4) is 0 Å². The molecule has 3 nitrogen and oxygen atoms in total. The Balaban J connectivity index is 0. The van der Waals surface area contributed by atoms with Gasteiger partial charge in [0, 0.05) is 0 Å². The maximum absolute atomic E-state index is 8.17. The fraction of sp³-hybridized carbons (Fsp3) is 0.750. The van der Waals surface area contributed by atoms with Crippen molar-refractivity contribution in [2.24, 2.45) is 7.05 Å². The molecular formula is C12H24AlClN2O+. The molecule has 0 atom stereocenters. The summed E-state index contributed by atoms with van der Waals surface area (Å²) in [6.07, 6.45) is 14.6. The zero-order valence-electron chi connectivity index (χ0n) is 11.0. The van der Waals surface area contributed by atoms with Crippen molar-refractivity contribution in [1.29, 1.82) is 0 Å². The van der Waals surface area contributed by atoms with Crippen LogP contribution in [-0.4, -0.2) is 20.8 Å². The van der Waals surface area contributed by atoms with Crippen LogP contribution in [0.2, 0.25) is 0 Å². The van der Waals surface area contributed by atoms with Crippen LogP contribution >= 0.6 is 12.4 Å². The Morgan fingerprint density at radius 2 is 1.71 bits per heavy atom. The van der Waals surface area contributed by atoms with Crippen molar-refractivity contribution in [3.63, 3.8) is 0 Å². The Morgan fingerprint density at radius 3 is 2.24 bits per heavy atom. The third kappa shape index (κ3) is 10.7. The fourth-order valence-corrected chi connectivity index (χ4v) is 1.71. The van der Waals surface area contributed by atoms with Gasteiger partial charge in [-0.25, -0.2) is 9.13 Å². The molecule has 1 radical (unpaired) electrons. The second kappa shape index (κ2) is 13.9. The first-order chi connectivity index (χ1) is 7.83. The third-order valence-corrected chi connectivity index (χ3v) is 2.59. The van der Waals surface area contributed by atoms with E-state index >= 15 is 0 Å². The zero-order valence-corrected chi connectivity index (χ0v) is 12.9. The number of unbranched alkanes of at least 4 members (excludes halogenated alkanes) is 5. The molecule has 0 aromatic carbocycles. The SMILES string of the molecule is CCCCCCCCn1cc[n+](C)c1.Cl.[O]=[Al]. The molecule has 97 valence electrons. The number of hydrogen-bond donors (Lipinski definition) is 0. The van der Waals surface area contributed by atoms with Crippen LogP contribution in [0.25, 0.3) is 0 Å². The van der Waals surface area contributed by atoms with Gasteiger partial charge >= 0.3 is 20.0 Å². The maximum atomic E-state index is 8.17. The summed E-state index contributed by atoms with van der Waals surface area (Å²) < 4.78 is 12.5. The Morgan fingerprint density at radius 1 is 1.12 bits per heavy atom. The molecule has 0 aliphatic carbocycles. The van der Waals surface area contributed by atoms with E-state index in [1.807, 2.05) is 0 Å². The first-order valence-electron chi connectivity index (χ1n) is 6.07. The van der Waals surface area contributed by atoms with Gasteiger partial charge in [-0.05, 0) is 12.8 Å². The van der Waals surface area contributed by atoms with Crippen LogP contribution in [0.1, 0.15) is 45.4 Å². The number of imidazole rings is 1. The Labute approximate surface area is 119 Å². The topological polar surface area (TPSA) is 25.9 Å². The monoisotopic (exact) mass is 274 g/mol. The van der Waals surface area contributed by atoms with Gasteiger partial charge in [0.25, 0.3) is 0 Å². The molecule has 0 fully saturated rings. The van der Waals surface area contributed by atoms with Crippen LogP contribution in [0.5, 0.6) is 0 Å². The van der Waals surface area contributed by atoms with Gasteiger partial charge in [0.1, 0.15) is 12.4 Å². The third-order valence-electron chi connectivity index (χ3n) is 2.59. The fourth-order valence-electron chi connectivity index (χ4n) is 1.71. The summed E-state index contributed by atoms with van der Waals surface area (Å²) in [5.41, 5.74) is 0. The number of rotatable bonds is 7. The number of nitrogens with zero attached hydrogens (tertiary/aromatic N) is 2. The molecule has 0 N–H and O–H groups in total. The van der Waals surface area contributed by atoms with Crippen LogP contribution in [0, 0.1) is 0 Å². The molecule has 0 aliphatic heterocycles. The van der Waals surface area contributed by atoms with Crippen molar-refractivity contribution >= 4 is 28.6 Å². The van der Waals surface area contributed by atoms with Gasteiger partial charge < -0.3 is 0 Å². The average molecular weight is 275 g/mol. The van der Waals surface area contributed by atoms with Gasteiger partial charge in [0.05, 0.1) is 13.6 Å². The molecule has 17 heavy (non-hydrogen) atoms. The number of aryl methyl sites for hydroxylation is 2. The second-order valence-electron chi connectivity index (χ2n) is 4.08. The summed E-state index contributed by atoms with van der Waals surface area (Å²) in [6, 6.07) is 0. The van der Waals surface area contributed by atoms with Crippen molar-refractivity contribution in [2.45, 2.75) is 52.0 Å². The summed E-state index contributed by atoms with van der Waals surface area (Å²) >= 11 is 1.17. The van der Waals surface area contributed by atoms with Crippen LogP contribution in [0.15, 0.2) is 18.7 Å². The van der Waals surface area contributed by atoms with Crippen molar-refractivity contribution < 1.29 is 8.37 Å². The van der Waals surface area contributed by atoms with Crippen LogP contribution < -0.4 is 4.57 Å². The molecule has 5 heteroatoms. The molecule has 0 aliphatic rings. The molecule has 1 rings (SSSR count). The quantitative estimate of drug-likeness (QED) is 0.426. The normalized spacial score (nSPS) is 9.00. The van der Waals surface area contributed by atoms with Gasteiger partial charge in [0.2, 0.25) is 6.33 Å². The molecular weight excluding hydrogens is 251 g/mol. The van der Waals surface area contributed by atoms with E-state index in [0.29, 0.717) is 0 Å². The molecule has 0 saturated heterocycles. The molecule has 1 aromatic rings. The number of aromatic nitrogens is 2. The van der Waals surface area contributed by atoms with E-state index in [1.165, 1.54) is 61.3 Å². The predicted molar refractivity (Wildman–Crippen MR) is 72.7 cm³/mol. The van der Waals surface area contributed by atoms with E-state index < -0.39 is 0 Å². The second-order valence-corrected chi connectivity index (χ2v) is 4.08. The Kier molecular flexibility index (Phi) is 15.7. The van der Waals surface area contributed by atoms with Crippen LogP contribution in [0.4, 0.5) is 0 Å². The minimum absolute atomic E-state index is 0. The first-order valence-corrected chi connectivity index (χ1v) is 6.54. The Bertz CT molecular complexity index is 269. The van der Waals surface area contributed by atoms with E-state index in [1.54, 1.807) is 0 Å². The van der Waals surface area contributed by atoms with Crippen molar-refractivity contribution in [3.05, 3.63) is 18.7 Å². The summed E-state index contributed by atoms with van der Waals surface area (Å²) in [6.45, 7) is 3.44. The molecule has 0 bridgehead atoms. The van der Waals surface area contributed by atoms with E-state index in [2.05, 4.69) is 41.8 Å². The Hall–Kier alpha value is -0.168. The van der Waals surface area contributed by atoms with Gasteiger partial charge in [-0.1, -0.05) is 32.6 Å². The summed E-state index contributed by atoms with van der Waals surface area (Å²) in [5.74, 6) is 0. The minimum atomic E-state index is 0. The molecule has 0 saturated carbocycles. The molecule has 1 aromatic heterocycles. The van der Waals surface area contributed by atoms with Crippen molar-refractivity contribution in [2.75, 3.05) is 0 Å².